The van der Waals surface area contributed by atoms with Gasteiger partial charge in [0, 0.05) is 19.2 Å². The van der Waals surface area contributed by atoms with Gasteiger partial charge >= 0.3 is 0 Å². The Kier molecular flexibility index (Phi) is 6.34. The number of hydrogen-bond donors (Lipinski definition) is 0. The second kappa shape index (κ2) is 8.71. The van der Waals surface area contributed by atoms with Crippen LogP contribution in [0.5, 0.6) is 5.75 Å². The van der Waals surface area contributed by atoms with E-state index in [2.05, 4.69) is 21.0 Å². The molecular weight excluding hydrogens is 426 g/mol. The lowest BCUT2D eigenvalue weighted by Gasteiger charge is -2.17. The molecule has 0 spiro atoms. The normalized spacial score (nSPS) is 10.8. The van der Waals surface area contributed by atoms with Crippen LogP contribution in [0.3, 0.4) is 0 Å². The molecule has 0 aliphatic carbocycles. The monoisotopic (exact) mass is 447 g/mol. The van der Waals surface area contributed by atoms with Crippen molar-refractivity contribution in [3.63, 3.8) is 0 Å². The van der Waals surface area contributed by atoms with Gasteiger partial charge in [-0.3, -0.25) is 9.48 Å². The van der Waals surface area contributed by atoms with Crippen LogP contribution < -0.4 is 4.74 Å². The standard InChI is InChI=1S/C20H22BrN3O2S/c1-4-24-18(17(21)10-22-24)11-23(3)20(25)19-9-15(13-27-19)12-26-16-7-5-6-14(2)8-16/h5-10,13H,4,11-12H2,1-3H3. The summed E-state index contributed by atoms with van der Waals surface area (Å²) in [5, 5.41) is 6.28. The molecule has 0 bridgehead atoms. The van der Waals surface area contributed by atoms with E-state index in [0.29, 0.717) is 18.0 Å². The Morgan fingerprint density at radius 3 is 2.93 bits per heavy atom. The van der Waals surface area contributed by atoms with Crippen molar-refractivity contribution >= 4 is 33.2 Å². The highest BCUT2D eigenvalue weighted by molar-refractivity contribution is 9.10. The minimum Gasteiger partial charge on any atom is -0.489 e. The fourth-order valence-electron chi connectivity index (χ4n) is 2.74. The summed E-state index contributed by atoms with van der Waals surface area (Å²) in [4.78, 5) is 15.2. The van der Waals surface area contributed by atoms with E-state index in [1.165, 1.54) is 11.3 Å². The van der Waals surface area contributed by atoms with E-state index in [1.54, 1.807) is 11.1 Å². The number of rotatable bonds is 7. The molecular formula is C20H22BrN3O2S. The number of nitrogens with zero attached hydrogens (tertiary/aromatic N) is 3. The van der Waals surface area contributed by atoms with Crippen LogP contribution in [0, 0.1) is 6.92 Å². The molecule has 0 saturated heterocycles. The average Bonchev–Trinajstić information content (AvgIpc) is 3.27. The maximum atomic E-state index is 12.8. The van der Waals surface area contributed by atoms with Gasteiger partial charge in [-0.1, -0.05) is 12.1 Å². The minimum atomic E-state index is -0.00226. The molecule has 0 N–H and O–H groups in total. The van der Waals surface area contributed by atoms with E-state index in [0.717, 1.165) is 33.6 Å². The van der Waals surface area contributed by atoms with Crippen molar-refractivity contribution in [2.45, 2.75) is 33.5 Å². The molecule has 142 valence electrons. The van der Waals surface area contributed by atoms with Gasteiger partial charge in [0.1, 0.15) is 12.4 Å². The molecule has 0 aliphatic heterocycles. The van der Waals surface area contributed by atoms with Gasteiger partial charge in [0.15, 0.2) is 0 Å². The van der Waals surface area contributed by atoms with Crippen LogP contribution in [0.4, 0.5) is 0 Å². The zero-order chi connectivity index (χ0) is 19.4. The average molecular weight is 448 g/mol. The summed E-state index contributed by atoms with van der Waals surface area (Å²) in [5.74, 6) is 0.835. The van der Waals surface area contributed by atoms with Gasteiger partial charge < -0.3 is 9.64 Å². The molecule has 3 aromatic rings. The number of thiophene rings is 1. The summed E-state index contributed by atoms with van der Waals surface area (Å²) < 4.78 is 8.63. The molecule has 0 aliphatic rings. The van der Waals surface area contributed by atoms with Gasteiger partial charge in [-0.2, -0.15) is 5.10 Å². The van der Waals surface area contributed by atoms with E-state index in [-0.39, 0.29) is 5.91 Å². The second-order valence-corrected chi connectivity index (χ2v) is 8.11. The third kappa shape index (κ3) is 4.78. The molecule has 2 aromatic heterocycles. The van der Waals surface area contributed by atoms with Crippen molar-refractivity contribution in [2.75, 3.05) is 7.05 Å². The maximum absolute atomic E-state index is 12.8. The Morgan fingerprint density at radius 1 is 1.37 bits per heavy atom. The van der Waals surface area contributed by atoms with Crippen molar-refractivity contribution in [3.8, 4) is 5.75 Å². The smallest absolute Gasteiger partial charge is 0.264 e. The summed E-state index contributed by atoms with van der Waals surface area (Å²) in [6, 6.07) is 9.86. The van der Waals surface area contributed by atoms with Crippen LogP contribution in [0.15, 0.2) is 46.4 Å². The van der Waals surface area contributed by atoms with Crippen LogP contribution >= 0.6 is 27.3 Å². The summed E-state index contributed by atoms with van der Waals surface area (Å²) in [5.41, 5.74) is 3.15. The minimum absolute atomic E-state index is 0.00226. The lowest BCUT2D eigenvalue weighted by atomic mass is 10.2. The number of benzene rings is 1. The molecule has 1 amide bonds. The fourth-order valence-corrected chi connectivity index (χ4v) is 4.05. The summed E-state index contributed by atoms with van der Waals surface area (Å²) >= 11 is 4.95. The number of carbonyl (C=O) groups is 1. The number of carbonyl (C=O) groups excluding carboxylic acids is 1. The maximum Gasteiger partial charge on any atom is 0.264 e. The zero-order valence-corrected chi connectivity index (χ0v) is 18.0. The van der Waals surface area contributed by atoms with Crippen molar-refractivity contribution in [1.82, 2.24) is 14.7 Å². The van der Waals surface area contributed by atoms with Gasteiger partial charge in [-0.15, -0.1) is 11.3 Å². The lowest BCUT2D eigenvalue weighted by molar-refractivity contribution is 0.0786. The first-order valence-electron chi connectivity index (χ1n) is 8.70. The first-order valence-corrected chi connectivity index (χ1v) is 10.4. The highest BCUT2D eigenvalue weighted by Gasteiger charge is 2.18. The number of amides is 1. The Labute approximate surface area is 171 Å². The van der Waals surface area contributed by atoms with E-state index < -0.39 is 0 Å². The third-order valence-corrected chi connectivity index (χ3v) is 5.82. The van der Waals surface area contributed by atoms with Gasteiger partial charge in [0.05, 0.1) is 27.8 Å². The van der Waals surface area contributed by atoms with Gasteiger partial charge in [0.2, 0.25) is 0 Å². The Morgan fingerprint density at radius 2 is 2.19 bits per heavy atom. The highest BCUT2D eigenvalue weighted by atomic mass is 79.9. The molecule has 0 atom stereocenters. The van der Waals surface area contributed by atoms with Crippen molar-refractivity contribution in [2.24, 2.45) is 0 Å². The molecule has 5 nitrogen and oxygen atoms in total. The third-order valence-electron chi connectivity index (χ3n) is 4.19. The Hall–Kier alpha value is -2.12. The number of aryl methyl sites for hydroxylation is 2. The van der Waals surface area contributed by atoms with Gasteiger partial charge in [0.25, 0.3) is 5.91 Å². The topological polar surface area (TPSA) is 47.4 Å². The van der Waals surface area contributed by atoms with Crippen LogP contribution in [-0.4, -0.2) is 27.6 Å². The van der Waals surface area contributed by atoms with E-state index in [9.17, 15) is 4.79 Å². The summed E-state index contributed by atoms with van der Waals surface area (Å²) in [6.07, 6.45) is 1.77. The largest absolute Gasteiger partial charge is 0.489 e. The summed E-state index contributed by atoms with van der Waals surface area (Å²) in [6.45, 7) is 5.78. The zero-order valence-electron chi connectivity index (χ0n) is 15.6. The first kappa shape index (κ1) is 19.6. The molecule has 0 radical (unpaired) electrons. The van der Waals surface area contributed by atoms with E-state index in [1.807, 2.05) is 61.3 Å². The van der Waals surface area contributed by atoms with Gasteiger partial charge in [-0.25, -0.2) is 0 Å². The predicted molar refractivity (Wildman–Crippen MR) is 111 cm³/mol. The SMILES string of the molecule is CCn1ncc(Br)c1CN(C)C(=O)c1cc(COc2cccc(C)c2)cs1. The lowest BCUT2D eigenvalue weighted by Crippen LogP contribution is -2.27. The molecule has 2 heterocycles. The second-order valence-electron chi connectivity index (χ2n) is 6.34. The molecule has 7 heteroatoms. The van der Waals surface area contributed by atoms with Crippen molar-refractivity contribution in [1.29, 1.82) is 0 Å². The number of halogens is 1. The number of hydrogen-bond acceptors (Lipinski definition) is 4. The molecule has 1 aromatic carbocycles. The molecule has 0 saturated carbocycles. The van der Waals surface area contributed by atoms with Crippen molar-refractivity contribution in [3.05, 3.63) is 68.1 Å². The first-order chi connectivity index (χ1) is 13.0. The quantitative estimate of drug-likeness (QED) is 0.517. The summed E-state index contributed by atoms with van der Waals surface area (Å²) in [7, 11) is 1.81. The van der Waals surface area contributed by atoms with Crippen LogP contribution in [0.2, 0.25) is 0 Å². The molecule has 0 fully saturated rings. The van der Waals surface area contributed by atoms with Crippen LogP contribution in [0.1, 0.15) is 33.4 Å². The Balaban J connectivity index is 1.63. The van der Waals surface area contributed by atoms with E-state index in [4.69, 9.17) is 4.74 Å². The van der Waals surface area contributed by atoms with Crippen LogP contribution in [0.25, 0.3) is 0 Å². The van der Waals surface area contributed by atoms with Crippen molar-refractivity contribution < 1.29 is 9.53 Å². The fraction of sp³-hybridized carbons (Fsp3) is 0.300. The van der Waals surface area contributed by atoms with Crippen LogP contribution in [-0.2, 0) is 19.7 Å². The number of ether oxygens (including phenoxy) is 1. The number of aromatic nitrogens is 2. The molecule has 27 heavy (non-hydrogen) atoms. The highest BCUT2D eigenvalue weighted by Crippen LogP contribution is 2.22. The van der Waals surface area contributed by atoms with E-state index >= 15 is 0 Å². The molecule has 0 unspecified atom stereocenters. The molecule has 3 rings (SSSR count). The van der Waals surface area contributed by atoms with Gasteiger partial charge in [-0.05, 0) is 58.9 Å². The predicted octanol–water partition coefficient (Wildman–Crippen LogP) is 4.89. The Bertz CT molecular complexity index is 935.